The smallest absolute Gasteiger partial charge is 1.00 e. The van der Waals surface area contributed by atoms with E-state index < -0.39 is 0 Å². The van der Waals surface area contributed by atoms with E-state index in [2.05, 4.69) is 0 Å². The van der Waals surface area contributed by atoms with Crippen molar-refractivity contribution in [2.45, 2.75) is 0 Å². The Morgan fingerprint density at radius 2 is 0.600 bits per heavy atom. The molecule has 0 unspecified atom stereocenters. The first kappa shape index (κ1) is 35.1. The SMILES string of the molecule is [Ca+2].[Cl-].[Cl-].[Cl-].[Cs+]. The second-order valence-corrected chi connectivity index (χ2v) is 0. The molecule has 0 amide bonds. The van der Waals surface area contributed by atoms with Crippen molar-refractivity contribution in [1.82, 2.24) is 0 Å². The zero-order valence-electron chi connectivity index (χ0n) is 2.84. The fourth-order valence-electron chi connectivity index (χ4n) is 0. The first-order valence-corrected chi connectivity index (χ1v) is 0. The third-order valence-electron chi connectivity index (χ3n) is 0. The van der Waals surface area contributed by atoms with Crippen LogP contribution in [0.4, 0.5) is 0 Å². The van der Waals surface area contributed by atoms with Crippen molar-refractivity contribution >= 4 is 37.7 Å². The van der Waals surface area contributed by atoms with E-state index in [4.69, 9.17) is 0 Å². The van der Waals surface area contributed by atoms with Gasteiger partial charge >= 0.3 is 107 Å². The summed E-state index contributed by atoms with van der Waals surface area (Å²) in [5.74, 6) is 0. The van der Waals surface area contributed by atoms with Crippen molar-refractivity contribution in [2.75, 3.05) is 0 Å². The van der Waals surface area contributed by atoms with Crippen LogP contribution in [0.2, 0.25) is 0 Å². The Morgan fingerprint density at radius 1 is 0.600 bits per heavy atom. The molecule has 0 radical (unpaired) electrons. The van der Waals surface area contributed by atoms with Gasteiger partial charge < -0.3 is 37.2 Å². The molecule has 0 rings (SSSR count). The zero-order chi connectivity index (χ0) is 0. The van der Waals surface area contributed by atoms with Gasteiger partial charge in [-0.3, -0.25) is 0 Å². The van der Waals surface area contributed by atoms with Crippen LogP contribution in [0.15, 0.2) is 0 Å². The molecule has 0 bridgehead atoms. The molecule has 0 spiro atoms. The molecule has 0 saturated heterocycles. The Balaban J connectivity index is 0. The van der Waals surface area contributed by atoms with Crippen LogP contribution in [0.1, 0.15) is 0 Å². The van der Waals surface area contributed by atoms with Crippen molar-refractivity contribution in [2.24, 2.45) is 0 Å². The third kappa shape index (κ3) is 17.9. The van der Waals surface area contributed by atoms with Crippen LogP contribution >= 0.6 is 0 Å². The van der Waals surface area contributed by atoms with Gasteiger partial charge in [-0.1, -0.05) is 0 Å². The molecule has 0 saturated carbocycles. The summed E-state index contributed by atoms with van der Waals surface area (Å²) in [5, 5.41) is 0. The van der Waals surface area contributed by atoms with Gasteiger partial charge in [0.1, 0.15) is 0 Å². The van der Waals surface area contributed by atoms with Gasteiger partial charge in [-0.15, -0.1) is 0 Å². The van der Waals surface area contributed by atoms with Gasteiger partial charge in [0, 0.05) is 0 Å². The minimum atomic E-state index is 0. The van der Waals surface area contributed by atoms with Crippen LogP contribution in [-0.4, -0.2) is 37.7 Å². The minimum Gasteiger partial charge on any atom is -1.00 e. The minimum absolute atomic E-state index is 0. The summed E-state index contributed by atoms with van der Waals surface area (Å²) in [5.41, 5.74) is 0. The van der Waals surface area contributed by atoms with Crippen LogP contribution in [0, 0.1) is 0 Å². The van der Waals surface area contributed by atoms with Gasteiger partial charge in [-0.25, -0.2) is 0 Å². The Bertz CT molecular complexity index is 6.85. The monoisotopic (exact) mass is 278 g/mol. The van der Waals surface area contributed by atoms with Crippen molar-refractivity contribution in [3.8, 4) is 0 Å². The maximum absolute atomic E-state index is 0. The quantitative estimate of drug-likeness (QED) is 0.386. The predicted octanol–water partition coefficient (Wildman–Crippen LogP) is -12.4. The first-order chi connectivity index (χ1) is 0. The van der Waals surface area contributed by atoms with Crippen LogP contribution in [0.5, 0.6) is 0 Å². The van der Waals surface area contributed by atoms with Gasteiger partial charge in [-0.2, -0.15) is 0 Å². The number of rotatable bonds is 0. The molecule has 0 aliphatic heterocycles. The van der Waals surface area contributed by atoms with E-state index in [1.54, 1.807) is 0 Å². The molecule has 0 aromatic heterocycles. The van der Waals surface area contributed by atoms with Crippen molar-refractivity contribution in [3.05, 3.63) is 0 Å². The molecule has 0 atom stereocenters. The molecule has 0 aliphatic rings. The molecule has 0 N–H and O–H groups in total. The molecule has 0 nitrogen and oxygen atoms in total. The number of halogens is 3. The Labute approximate surface area is 139 Å². The largest absolute Gasteiger partial charge is 2.00 e. The van der Waals surface area contributed by atoms with Gasteiger partial charge in [0.05, 0.1) is 0 Å². The third-order valence-corrected chi connectivity index (χ3v) is 0. The summed E-state index contributed by atoms with van der Waals surface area (Å²) in [6.07, 6.45) is 0. The van der Waals surface area contributed by atoms with E-state index in [-0.39, 0.29) is 144 Å². The van der Waals surface area contributed by atoms with Gasteiger partial charge in [-0.05, 0) is 0 Å². The van der Waals surface area contributed by atoms with Crippen molar-refractivity contribution < 1.29 is 106 Å². The van der Waals surface area contributed by atoms with Crippen LogP contribution in [0.25, 0.3) is 0 Å². The summed E-state index contributed by atoms with van der Waals surface area (Å²) < 4.78 is 0. The summed E-state index contributed by atoms with van der Waals surface area (Å²) in [6, 6.07) is 0. The Kier molecular flexibility index (Phi) is 170. The van der Waals surface area contributed by atoms with Crippen LogP contribution in [0.3, 0.4) is 0 Å². The van der Waals surface area contributed by atoms with Crippen LogP contribution < -0.4 is 106 Å². The van der Waals surface area contributed by atoms with E-state index in [9.17, 15) is 0 Å². The van der Waals surface area contributed by atoms with E-state index in [1.807, 2.05) is 0 Å². The number of hydrogen-bond acceptors (Lipinski definition) is 0. The van der Waals surface area contributed by atoms with E-state index >= 15 is 0 Å². The maximum Gasteiger partial charge on any atom is 2.00 e. The molecule has 0 aliphatic carbocycles. The fourth-order valence-corrected chi connectivity index (χ4v) is 0. The van der Waals surface area contributed by atoms with E-state index in [0.29, 0.717) is 0 Å². The number of hydrogen-bond donors (Lipinski definition) is 0. The van der Waals surface area contributed by atoms with E-state index in [0.717, 1.165) is 0 Å². The van der Waals surface area contributed by atoms with Gasteiger partial charge in [0.15, 0.2) is 0 Å². The normalized spacial score (nSPS) is 0. The Morgan fingerprint density at radius 3 is 0.600 bits per heavy atom. The van der Waals surface area contributed by atoms with E-state index in [1.165, 1.54) is 0 Å². The average molecular weight is 279 g/mol. The summed E-state index contributed by atoms with van der Waals surface area (Å²) in [7, 11) is 0. The summed E-state index contributed by atoms with van der Waals surface area (Å²) in [6.45, 7) is 0. The Hall–Kier alpha value is 4.18. The standard InChI is InChI=1S/Ca.3ClH.Cs/h;3*1H;/q+2;;;;+1/p-3. The average Bonchev–Trinajstić information content (AvgIpc) is 0. The molecule has 5 heteroatoms. The second kappa shape index (κ2) is 24.1. The molecule has 0 heterocycles. The molecular formula is CaCl3Cs. The topological polar surface area (TPSA) is 0 Å². The van der Waals surface area contributed by atoms with Crippen molar-refractivity contribution in [1.29, 1.82) is 0 Å². The summed E-state index contributed by atoms with van der Waals surface area (Å²) >= 11 is 0. The molecule has 5 heavy (non-hydrogen) atoms. The van der Waals surface area contributed by atoms with Gasteiger partial charge in [0.2, 0.25) is 0 Å². The molecule has 0 aromatic rings. The van der Waals surface area contributed by atoms with Gasteiger partial charge in [0.25, 0.3) is 0 Å². The molecule has 0 aromatic carbocycles. The molecule has 24 valence electrons. The maximum atomic E-state index is 0. The van der Waals surface area contributed by atoms with Crippen molar-refractivity contribution in [3.63, 3.8) is 0 Å². The molecule has 0 fully saturated rings. The fraction of sp³-hybridized carbons (Fsp3) is 0. The van der Waals surface area contributed by atoms with Crippen LogP contribution in [-0.2, 0) is 0 Å². The predicted molar refractivity (Wildman–Crippen MR) is 5.75 cm³/mol. The second-order valence-electron chi connectivity index (χ2n) is 0. The zero-order valence-corrected chi connectivity index (χ0v) is 13.6. The first-order valence-electron chi connectivity index (χ1n) is 0. The summed E-state index contributed by atoms with van der Waals surface area (Å²) in [4.78, 5) is 0. The molecular weight excluding hydrogens is 279 g/mol.